The Morgan fingerprint density at radius 1 is 0.469 bits per heavy atom. The minimum Gasteiger partial charge on any atom is -0.444 e. The first-order chi connectivity index (χ1) is 61.5. The monoisotopic (exact) mass is 1880 g/mol. The van der Waals surface area contributed by atoms with E-state index in [0.29, 0.717) is 99.3 Å². The number of alkyl carbamates (subject to hydrolysis) is 2. The first-order valence-electron chi connectivity index (χ1n) is 42.1. The van der Waals surface area contributed by atoms with Gasteiger partial charge >= 0.3 is 12.2 Å². The quantitative estimate of drug-likeness (QED) is 0.0212. The fourth-order valence-corrected chi connectivity index (χ4v) is 16.0. The van der Waals surface area contributed by atoms with E-state index in [1.54, 1.807) is 58.6 Å². The fraction of sp³-hybridized carbons (Fsp3) is 0.418. The number of hydrogen-bond donors (Lipinski definition) is 7. The Balaban J connectivity index is 0.000000190. The highest BCUT2D eigenvalue weighted by molar-refractivity contribution is 8.13. The van der Waals surface area contributed by atoms with E-state index >= 15 is 0 Å². The van der Waals surface area contributed by atoms with Crippen LogP contribution in [-0.4, -0.2) is 163 Å². The molecule has 5 fully saturated rings. The number of aromatic nitrogens is 6. The number of ether oxygens (including phenoxy) is 2. The van der Waals surface area contributed by atoms with Crippen LogP contribution in [0.15, 0.2) is 186 Å². The van der Waals surface area contributed by atoms with Crippen LogP contribution in [0.1, 0.15) is 134 Å². The molecular weight excluding hydrogens is 1770 g/mol. The van der Waals surface area contributed by atoms with Gasteiger partial charge < -0.3 is 61.0 Å². The first-order valence-corrected chi connectivity index (χ1v) is 45.8. The number of nitrogens with zero attached hydrogens (tertiary/aromatic N) is 9. The van der Waals surface area contributed by atoms with Crippen LogP contribution >= 0.6 is 10.7 Å². The molecule has 39 heteroatoms. The molecule has 0 bridgehead atoms. The molecule has 0 radical (unpaired) electrons. The van der Waals surface area contributed by atoms with Crippen LogP contribution in [0.3, 0.4) is 0 Å². The number of benzene rings is 7. The van der Waals surface area contributed by atoms with E-state index < -0.39 is 107 Å². The van der Waals surface area contributed by atoms with Gasteiger partial charge in [0.1, 0.15) is 75.2 Å². The third-order valence-corrected chi connectivity index (χ3v) is 23.0. The number of hydrogen-bond acceptors (Lipinski definition) is 20. The second kappa shape index (κ2) is 49.9. The Morgan fingerprint density at radius 3 is 1.15 bits per heavy atom. The van der Waals surface area contributed by atoms with Gasteiger partial charge in [-0.2, -0.15) is 23.7 Å². The van der Waals surface area contributed by atoms with Crippen molar-refractivity contribution in [2.45, 2.75) is 204 Å². The standard InChI is InChI=1S/C20H26F2N4O2.C18H19F2NO3S.C15H18F2N4.C11H13F2NO.C9H15N3O2.C7H7ClO2S.C6H3F3.C5H11NO/c1-20(2,3)28-19(27)23-10-14-11-24-25(12-14)13-17-5-4-6-26(17)18-8-15(21)7-16(22)9-18;1-13-4-6-18(7-5-13)25(22,23)24-12-16-3-2-8-21(16)17-10-14(19)9-15(20)11-17;16-12-4-13(17)6-15(5-12)21-3-1-2-14(21)10-20-9-11(7-18)8-19-20;12-8-4-9(13)6-11(5-8)14-3-1-2-10(14)7-15;1-9(2,3)14-8(13)10-4-7-5-11-12-6-7;1-6-2-4-7(5-3-6)11(8,9)10;7-4-1-5(8)3-6(9)2-4;7-4-5-2-1-3-6-5/h7-9,11-12,17H,4-6,10,13H2,1-3H3,(H,23,27);4-7,9-11,16H,2-3,8,12H2,1H3;4-6,8-9,14H,1-3,7,10,18H2;4-6,10,15H,1-3,7H2;5-6H,4H2,1-3H3,(H,10,13)(H,11,12);2-5H,1H3;1-3H;5-7H,1-4H2/t;16-;;10-;;;;5-/m.0.0...0/s1. The number of amides is 2. The van der Waals surface area contributed by atoms with Gasteiger partial charge in [-0.25, -0.2) is 66.3 Å². The number of nitrogens with one attached hydrogen (secondary N) is 4. The molecule has 708 valence electrons. The summed E-state index contributed by atoms with van der Waals surface area (Å²) in [4.78, 5) is 30.9. The summed E-state index contributed by atoms with van der Waals surface area (Å²) >= 11 is 0. The number of aromatic amines is 1. The number of aliphatic hydroxyl groups excluding tert-OH is 2. The molecule has 5 atom stereocenters. The largest absolute Gasteiger partial charge is 0.444 e. The van der Waals surface area contributed by atoms with Crippen molar-refractivity contribution in [2.75, 3.05) is 72.1 Å². The Labute approximate surface area is 755 Å². The van der Waals surface area contributed by atoms with Crippen molar-refractivity contribution in [2.24, 2.45) is 5.73 Å². The molecule has 0 spiro atoms. The van der Waals surface area contributed by atoms with Gasteiger partial charge in [0.25, 0.3) is 19.2 Å². The second-order valence-corrected chi connectivity index (χ2v) is 37.4. The van der Waals surface area contributed by atoms with Crippen molar-refractivity contribution in [1.29, 1.82) is 0 Å². The zero-order valence-corrected chi connectivity index (χ0v) is 75.8. The van der Waals surface area contributed by atoms with Crippen molar-refractivity contribution in [1.82, 2.24) is 45.7 Å². The molecule has 2 unspecified atom stereocenters. The molecule has 3 aromatic heterocycles. The molecule has 130 heavy (non-hydrogen) atoms. The predicted molar refractivity (Wildman–Crippen MR) is 474 cm³/mol. The highest BCUT2D eigenvalue weighted by atomic mass is 35.7. The lowest BCUT2D eigenvalue weighted by molar-refractivity contribution is 0.0512. The summed E-state index contributed by atoms with van der Waals surface area (Å²) in [5, 5.41) is 41.1. The van der Waals surface area contributed by atoms with Crippen molar-refractivity contribution in [3.8, 4) is 0 Å². The van der Waals surface area contributed by atoms with Gasteiger partial charge in [0.15, 0.2) is 0 Å². The minimum atomic E-state index is -3.86. The molecule has 0 saturated carbocycles. The van der Waals surface area contributed by atoms with Crippen LogP contribution in [0.5, 0.6) is 0 Å². The molecule has 15 rings (SSSR count). The molecule has 10 aromatic rings. The normalized spacial score (nSPS) is 17.0. The molecule has 8 heterocycles. The van der Waals surface area contributed by atoms with Gasteiger partial charge in [0.2, 0.25) is 0 Å². The Kier molecular flexibility index (Phi) is 40.2. The van der Waals surface area contributed by atoms with Gasteiger partial charge in [0.05, 0.1) is 73.4 Å². The first kappa shape index (κ1) is 104. The molecule has 25 nitrogen and oxygen atoms in total. The summed E-state index contributed by atoms with van der Waals surface area (Å²) in [6.07, 6.45) is 19.3. The van der Waals surface area contributed by atoms with Crippen molar-refractivity contribution >= 4 is 64.8 Å². The average Bonchev–Trinajstić information content (AvgIpc) is 1.64. The zero-order chi connectivity index (χ0) is 95.0. The molecular formula is C91H112ClF11N14O11S2. The van der Waals surface area contributed by atoms with E-state index in [9.17, 15) is 74.7 Å². The van der Waals surface area contributed by atoms with Gasteiger partial charge in [-0.1, -0.05) is 35.4 Å². The molecule has 0 aliphatic carbocycles. The van der Waals surface area contributed by atoms with E-state index in [-0.39, 0.29) is 47.2 Å². The third kappa shape index (κ3) is 36.1. The average molecular weight is 1890 g/mol. The molecule has 5 aliphatic rings. The minimum absolute atomic E-state index is 0.00815. The smallest absolute Gasteiger partial charge is 0.407 e. The summed E-state index contributed by atoms with van der Waals surface area (Å²) in [7, 11) is -2.33. The summed E-state index contributed by atoms with van der Waals surface area (Å²) in [6.45, 7) is 21.4. The van der Waals surface area contributed by atoms with Crippen LogP contribution in [0.2, 0.25) is 0 Å². The van der Waals surface area contributed by atoms with Crippen LogP contribution in [0, 0.1) is 77.8 Å². The van der Waals surface area contributed by atoms with E-state index in [1.165, 1.54) is 79.2 Å². The molecule has 8 N–H and O–H groups in total. The number of carbonyl (C=O) groups is 2. The summed E-state index contributed by atoms with van der Waals surface area (Å²) in [5.74, 6) is -7.39. The summed E-state index contributed by atoms with van der Waals surface area (Å²) in [6, 6.07) is 29.1. The maximum Gasteiger partial charge on any atom is 0.407 e. The third-order valence-electron chi connectivity index (χ3n) is 20.3. The van der Waals surface area contributed by atoms with Crippen LogP contribution in [-0.2, 0) is 65.5 Å². The summed E-state index contributed by atoms with van der Waals surface area (Å²) < 4.78 is 208. The van der Waals surface area contributed by atoms with Gasteiger partial charge in [-0.05, 0) is 199 Å². The lowest BCUT2D eigenvalue weighted by Gasteiger charge is -2.27. The second-order valence-electron chi connectivity index (χ2n) is 33.2. The lowest BCUT2D eigenvalue weighted by Crippen LogP contribution is -2.34. The molecule has 2 amide bonds. The lowest BCUT2D eigenvalue weighted by atomic mass is 10.2. The Morgan fingerprint density at radius 2 is 0.815 bits per heavy atom. The van der Waals surface area contributed by atoms with E-state index in [4.69, 9.17) is 40.3 Å². The zero-order valence-electron chi connectivity index (χ0n) is 73.4. The van der Waals surface area contributed by atoms with Crippen LogP contribution in [0.4, 0.5) is 80.6 Å². The van der Waals surface area contributed by atoms with E-state index in [0.717, 1.165) is 130 Å². The molecule has 5 aliphatic heterocycles. The van der Waals surface area contributed by atoms with Gasteiger partial charge in [-0.3, -0.25) is 18.6 Å². The SMILES string of the molecule is CC(C)(C)OC(=O)NCc1cn[nH]c1.CC(C)(C)OC(=O)NCc1cnn(CC2CCCN2c2cc(F)cc(F)c2)c1.Cc1ccc(S(=O)(=O)Cl)cc1.Cc1ccc(S(=O)(=O)OC[C@@H]2CCCN2c2cc(F)cc(F)c2)cc1.Fc1cc(F)cc(F)c1.NCc1cnn(CC2CCCN2c2cc(F)cc(F)c2)c1.OC[C@@H]1CCCN1.OC[C@@H]1CCCN1c1cc(F)cc(F)c1. The van der Waals surface area contributed by atoms with E-state index in [2.05, 4.69) is 41.2 Å². The van der Waals surface area contributed by atoms with Crippen LogP contribution in [0.25, 0.3) is 0 Å². The van der Waals surface area contributed by atoms with Crippen molar-refractivity contribution in [3.63, 3.8) is 0 Å². The maximum absolute atomic E-state index is 13.6. The highest BCUT2D eigenvalue weighted by Crippen LogP contribution is 2.33. The molecule has 5 saturated heterocycles. The van der Waals surface area contributed by atoms with Crippen molar-refractivity contribution < 1.29 is 98.6 Å². The number of aliphatic hydroxyl groups is 2. The number of nitrogens with two attached hydrogens (primary N) is 1. The topological polar surface area (TPSA) is 310 Å². The van der Waals surface area contributed by atoms with Gasteiger partial charge in [0, 0.05) is 175 Å². The van der Waals surface area contributed by atoms with Gasteiger partial charge in [-0.15, -0.1) is 0 Å². The fourth-order valence-electron chi connectivity index (χ4n) is 14.3. The Bertz CT molecular complexity index is 5320. The highest BCUT2D eigenvalue weighted by Gasteiger charge is 2.32. The van der Waals surface area contributed by atoms with Crippen LogP contribution < -0.4 is 41.3 Å². The molecule has 7 aromatic carbocycles. The number of H-pyrrole nitrogens is 1. The van der Waals surface area contributed by atoms with Crippen molar-refractivity contribution in [3.05, 3.63) is 269 Å². The number of aryl methyl sites for hydroxylation is 2. The summed E-state index contributed by atoms with van der Waals surface area (Å²) in [5.41, 5.74) is 11.4. The number of carbonyl (C=O) groups excluding carboxylic acids is 2. The number of halogens is 12. The number of rotatable bonds is 20. The Hall–Kier alpha value is -10.9. The number of anilines is 4. The van der Waals surface area contributed by atoms with E-state index in [1.807, 2.05) is 82.3 Å². The maximum atomic E-state index is 13.6. The predicted octanol–water partition coefficient (Wildman–Crippen LogP) is 16.9.